The molecule has 7 heteroatoms. The van der Waals surface area contributed by atoms with Gasteiger partial charge in [0.25, 0.3) is 6.04 Å². The van der Waals surface area contributed by atoms with Crippen LogP contribution in [0.5, 0.6) is 17.2 Å². The first kappa shape index (κ1) is 14.9. The molecular formula is C15H21N2O5+. The monoisotopic (exact) mass is 309 g/mol. The van der Waals surface area contributed by atoms with Crippen molar-refractivity contribution in [2.75, 3.05) is 27.5 Å². The summed E-state index contributed by atoms with van der Waals surface area (Å²) in [6.45, 7) is 2.87. The topological polar surface area (TPSA) is 75.3 Å². The number of nitrogens with one attached hydrogen (secondary N) is 1. The van der Waals surface area contributed by atoms with E-state index < -0.39 is 6.04 Å². The molecule has 0 radical (unpaired) electrons. The van der Waals surface area contributed by atoms with Gasteiger partial charge in [-0.3, -0.25) is 10.1 Å². The summed E-state index contributed by atoms with van der Waals surface area (Å²) in [7, 11) is 3.58. The van der Waals surface area contributed by atoms with Crippen molar-refractivity contribution in [3.8, 4) is 17.2 Å². The third kappa shape index (κ3) is 2.16. The van der Waals surface area contributed by atoms with Crippen LogP contribution < -0.4 is 19.1 Å². The molecule has 3 atom stereocenters. The predicted molar refractivity (Wildman–Crippen MR) is 78.4 cm³/mol. The minimum atomic E-state index is -0.645. The van der Waals surface area contributed by atoms with Crippen LogP contribution in [0.2, 0.25) is 0 Å². The standard InChI is InChI=1S/C15H20N2O5/c1-4-10(17(18)19)13-12-9(5-6-16(13)2)7-11-14(15(12)20-3)22-8-21-11/h7,10,13H,4-6,8H2,1-3H3/p+1/t10-,13+/m0/s1. The van der Waals surface area contributed by atoms with Crippen LogP contribution >= 0.6 is 0 Å². The summed E-state index contributed by atoms with van der Waals surface area (Å²) in [5, 5.41) is 11.5. The van der Waals surface area contributed by atoms with Crippen LogP contribution in [0.1, 0.15) is 30.5 Å². The molecular weight excluding hydrogens is 288 g/mol. The van der Waals surface area contributed by atoms with Gasteiger partial charge in [-0.15, -0.1) is 0 Å². The van der Waals surface area contributed by atoms with Crippen LogP contribution in [-0.2, 0) is 6.42 Å². The number of methoxy groups -OCH3 is 1. The molecule has 1 aromatic carbocycles. The lowest BCUT2D eigenvalue weighted by Gasteiger charge is -2.33. The van der Waals surface area contributed by atoms with Gasteiger partial charge in [-0.2, -0.15) is 0 Å². The van der Waals surface area contributed by atoms with E-state index in [1.54, 1.807) is 7.11 Å². The lowest BCUT2D eigenvalue weighted by molar-refractivity contribution is -0.928. The lowest BCUT2D eigenvalue weighted by atomic mass is 9.86. The maximum absolute atomic E-state index is 11.5. The zero-order valence-electron chi connectivity index (χ0n) is 13.0. The van der Waals surface area contributed by atoms with E-state index >= 15 is 0 Å². The fraction of sp³-hybridized carbons (Fsp3) is 0.600. The Morgan fingerprint density at radius 2 is 2.32 bits per heavy atom. The molecule has 1 N–H and O–H groups in total. The van der Waals surface area contributed by atoms with Crippen molar-refractivity contribution < 1.29 is 24.0 Å². The molecule has 2 heterocycles. The van der Waals surface area contributed by atoms with E-state index in [1.807, 2.05) is 20.0 Å². The minimum absolute atomic E-state index is 0.161. The molecule has 0 aromatic heterocycles. The van der Waals surface area contributed by atoms with Gasteiger partial charge in [0.1, 0.15) is 0 Å². The number of rotatable bonds is 4. The van der Waals surface area contributed by atoms with Gasteiger partial charge in [-0.05, 0) is 11.6 Å². The van der Waals surface area contributed by atoms with Gasteiger partial charge in [0.05, 0.1) is 26.3 Å². The Labute approximate surface area is 128 Å². The summed E-state index contributed by atoms with van der Waals surface area (Å²) in [5.74, 6) is 1.83. The fourth-order valence-electron chi connectivity index (χ4n) is 3.59. The summed E-state index contributed by atoms with van der Waals surface area (Å²) >= 11 is 0. The van der Waals surface area contributed by atoms with Gasteiger partial charge < -0.3 is 19.1 Å². The van der Waals surface area contributed by atoms with E-state index in [2.05, 4.69) is 0 Å². The average molecular weight is 309 g/mol. The minimum Gasteiger partial charge on any atom is -0.492 e. The summed E-state index contributed by atoms with van der Waals surface area (Å²) < 4.78 is 16.5. The van der Waals surface area contributed by atoms with Gasteiger partial charge in [0.15, 0.2) is 17.5 Å². The molecule has 2 aliphatic rings. The molecule has 0 saturated heterocycles. The maximum Gasteiger partial charge on any atom is 0.267 e. The SMILES string of the molecule is CC[C@@H]([C@@H]1c2c(cc3c(c2OC)OCO3)CC[NH+]1C)[N+](=O)[O-]. The van der Waals surface area contributed by atoms with Crippen LogP contribution in [0.4, 0.5) is 0 Å². The van der Waals surface area contributed by atoms with Crippen molar-refractivity contribution >= 4 is 0 Å². The predicted octanol–water partition coefficient (Wildman–Crippen LogP) is 0.591. The molecule has 0 aliphatic carbocycles. The van der Waals surface area contributed by atoms with Gasteiger partial charge in [-0.25, -0.2) is 0 Å². The number of hydrogen-bond acceptors (Lipinski definition) is 5. The van der Waals surface area contributed by atoms with Crippen LogP contribution in [-0.4, -0.2) is 38.5 Å². The summed E-state index contributed by atoms with van der Waals surface area (Å²) in [4.78, 5) is 12.5. The lowest BCUT2D eigenvalue weighted by Crippen LogP contribution is -3.11. The molecule has 0 amide bonds. The van der Waals surface area contributed by atoms with E-state index in [4.69, 9.17) is 14.2 Å². The molecule has 7 nitrogen and oxygen atoms in total. The first-order valence-electron chi connectivity index (χ1n) is 7.53. The smallest absolute Gasteiger partial charge is 0.267 e. The van der Waals surface area contributed by atoms with E-state index in [0.717, 1.165) is 29.0 Å². The van der Waals surface area contributed by atoms with Crippen LogP contribution in [0.3, 0.4) is 0 Å². The van der Waals surface area contributed by atoms with E-state index in [0.29, 0.717) is 23.7 Å². The number of nitrogens with zero attached hydrogens (tertiary/aromatic N) is 1. The Morgan fingerprint density at radius 3 is 2.95 bits per heavy atom. The summed E-state index contributed by atoms with van der Waals surface area (Å²) in [6, 6.07) is 1.06. The van der Waals surface area contributed by atoms with Crippen LogP contribution in [0.25, 0.3) is 0 Å². The highest BCUT2D eigenvalue weighted by molar-refractivity contribution is 5.61. The highest BCUT2D eigenvalue weighted by Crippen LogP contribution is 2.48. The number of likely N-dealkylation sites (N-methyl/N-ethyl adjacent to an activating group) is 1. The molecule has 120 valence electrons. The number of ether oxygens (including phenoxy) is 3. The van der Waals surface area contributed by atoms with Gasteiger partial charge in [0, 0.05) is 17.8 Å². The average Bonchev–Trinajstić information content (AvgIpc) is 2.95. The number of fused-ring (bicyclic) bond motifs is 2. The molecule has 1 unspecified atom stereocenters. The quantitative estimate of drug-likeness (QED) is 0.651. The van der Waals surface area contributed by atoms with E-state index in [9.17, 15) is 10.1 Å². The highest BCUT2D eigenvalue weighted by atomic mass is 16.7. The first-order chi connectivity index (χ1) is 10.6. The molecule has 1 aromatic rings. The second-order valence-corrected chi connectivity index (χ2v) is 5.80. The fourth-order valence-corrected chi connectivity index (χ4v) is 3.59. The largest absolute Gasteiger partial charge is 0.492 e. The Balaban J connectivity index is 2.18. The molecule has 0 bridgehead atoms. The second kappa shape index (κ2) is 5.64. The molecule has 3 rings (SSSR count). The number of quaternary nitrogens is 1. The Hall–Kier alpha value is -2.02. The molecule has 2 aliphatic heterocycles. The second-order valence-electron chi connectivity index (χ2n) is 5.80. The van der Waals surface area contributed by atoms with Crippen molar-refractivity contribution in [3.63, 3.8) is 0 Å². The van der Waals surface area contributed by atoms with Crippen molar-refractivity contribution in [2.24, 2.45) is 0 Å². The highest BCUT2D eigenvalue weighted by Gasteiger charge is 2.45. The summed E-state index contributed by atoms with van der Waals surface area (Å²) in [5.41, 5.74) is 1.97. The van der Waals surface area contributed by atoms with Crippen molar-refractivity contribution in [3.05, 3.63) is 27.3 Å². The number of hydrogen-bond donors (Lipinski definition) is 1. The van der Waals surface area contributed by atoms with Crippen molar-refractivity contribution in [1.82, 2.24) is 0 Å². The molecule has 0 fully saturated rings. The van der Waals surface area contributed by atoms with Gasteiger partial charge >= 0.3 is 0 Å². The molecule has 0 saturated carbocycles. The zero-order chi connectivity index (χ0) is 15.9. The molecule has 0 spiro atoms. The first-order valence-corrected chi connectivity index (χ1v) is 7.53. The zero-order valence-corrected chi connectivity index (χ0v) is 13.0. The van der Waals surface area contributed by atoms with Crippen molar-refractivity contribution in [2.45, 2.75) is 31.8 Å². The maximum atomic E-state index is 11.5. The Bertz CT molecular complexity index is 604. The summed E-state index contributed by atoms with van der Waals surface area (Å²) in [6.07, 6.45) is 1.32. The third-order valence-corrected chi connectivity index (χ3v) is 4.65. The van der Waals surface area contributed by atoms with Gasteiger partial charge in [0.2, 0.25) is 12.5 Å². The number of nitro groups is 1. The molecule has 22 heavy (non-hydrogen) atoms. The third-order valence-electron chi connectivity index (χ3n) is 4.65. The van der Waals surface area contributed by atoms with Crippen molar-refractivity contribution in [1.29, 1.82) is 0 Å². The van der Waals surface area contributed by atoms with Gasteiger partial charge in [-0.1, -0.05) is 6.92 Å². The van der Waals surface area contributed by atoms with E-state index in [-0.39, 0.29) is 17.8 Å². The number of benzene rings is 1. The van der Waals surface area contributed by atoms with E-state index in [1.165, 1.54) is 0 Å². The Kier molecular flexibility index (Phi) is 3.82. The normalized spacial score (nSPS) is 23.8. The van der Waals surface area contributed by atoms with Crippen LogP contribution in [0.15, 0.2) is 6.07 Å². The van der Waals surface area contributed by atoms with Crippen LogP contribution in [0, 0.1) is 10.1 Å². The Morgan fingerprint density at radius 1 is 1.55 bits per heavy atom.